The summed E-state index contributed by atoms with van der Waals surface area (Å²) in [5.74, 6) is 0.462. The minimum absolute atomic E-state index is 0.268. The van der Waals surface area contributed by atoms with Crippen molar-refractivity contribution < 1.29 is 9.53 Å². The molecule has 0 aromatic heterocycles. The maximum absolute atomic E-state index is 11.3. The lowest BCUT2D eigenvalue weighted by molar-refractivity contribution is 0.0600. The number of benzene rings is 1. The molecule has 1 atom stereocenters. The van der Waals surface area contributed by atoms with Crippen LogP contribution in [0.4, 0.5) is 0 Å². The smallest absolute Gasteiger partial charge is 0.337 e. The van der Waals surface area contributed by atoms with Crippen LogP contribution in [0.2, 0.25) is 0 Å². The molecule has 0 spiro atoms. The summed E-state index contributed by atoms with van der Waals surface area (Å²) < 4.78 is 4.68. The highest BCUT2D eigenvalue weighted by molar-refractivity contribution is 5.89. The number of piperidine rings is 1. The standard InChI is InChI=1S/C14H19NO2/c1-17-14(16)13-6-4-11(5-7-13)9-12-3-2-8-15-10-12/h4-7,12,15H,2-3,8-10H2,1H3. The third kappa shape index (κ3) is 3.30. The largest absolute Gasteiger partial charge is 0.465 e. The average Bonchev–Trinajstić information content (AvgIpc) is 2.40. The fraction of sp³-hybridized carbons (Fsp3) is 0.500. The molecule has 0 radical (unpaired) electrons. The van der Waals surface area contributed by atoms with Gasteiger partial charge in [0.1, 0.15) is 0 Å². The van der Waals surface area contributed by atoms with Crippen LogP contribution in [0, 0.1) is 5.92 Å². The van der Waals surface area contributed by atoms with Crippen LogP contribution in [0.25, 0.3) is 0 Å². The zero-order valence-corrected chi connectivity index (χ0v) is 10.2. The van der Waals surface area contributed by atoms with Gasteiger partial charge in [0.2, 0.25) is 0 Å². The highest BCUT2D eigenvalue weighted by atomic mass is 16.5. The second kappa shape index (κ2) is 5.82. The summed E-state index contributed by atoms with van der Waals surface area (Å²) >= 11 is 0. The number of nitrogens with one attached hydrogen (secondary N) is 1. The molecule has 1 fully saturated rings. The van der Waals surface area contributed by atoms with Gasteiger partial charge in [0, 0.05) is 0 Å². The first-order valence-corrected chi connectivity index (χ1v) is 6.17. The van der Waals surface area contributed by atoms with Crippen LogP contribution in [-0.4, -0.2) is 26.2 Å². The van der Waals surface area contributed by atoms with E-state index in [9.17, 15) is 4.79 Å². The van der Waals surface area contributed by atoms with Crippen molar-refractivity contribution in [1.29, 1.82) is 0 Å². The maximum atomic E-state index is 11.3. The molecule has 3 nitrogen and oxygen atoms in total. The number of esters is 1. The summed E-state index contributed by atoms with van der Waals surface area (Å²) in [6.07, 6.45) is 3.66. The first-order valence-electron chi connectivity index (χ1n) is 6.17. The number of carbonyl (C=O) groups excluding carboxylic acids is 1. The van der Waals surface area contributed by atoms with Crippen molar-refractivity contribution in [2.45, 2.75) is 19.3 Å². The van der Waals surface area contributed by atoms with Gasteiger partial charge in [-0.15, -0.1) is 0 Å². The molecule has 17 heavy (non-hydrogen) atoms. The lowest BCUT2D eigenvalue weighted by atomic mass is 9.92. The summed E-state index contributed by atoms with van der Waals surface area (Å²) in [5, 5.41) is 3.42. The molecule has 1 unspecified atom stereocenters. The van der Waals surface area contributed by atoms with Gasteiger partial charge in [0.25, 0.3) is 0 Å². The molecule has 2 rings (SSSR count). The molecule has 0 bridgehead atoms. The van der Waals surface area contributed by atoms with Crippen LogP contribution in [0.15, 0.2) is 24.3 Å². The number of hydrogen-bond acceptors (Lipinski definition) is 3. The minimum Gasteiger partial charge on any atom is -0.465 e. The summed E-state index contributed by atoms with van der Waals surface area (Å²) in [4.78, 5) is 11.3. The molecule has 1 aliphatic heterocycles. The fourth-order valence-electron chi connectivity index (χ4n) is 2.33. The van der Waals surface area contributed by atoms with Gasteiger partial charge in [-0.3, -0.25) is 0 Å². The Morgan fingerprint density at radius 1 is 1.41 bits per heavy atom. The predicted octanol–water partition coefficient (Wildman–Crippen LogP) is 2.02. The zero-order chi connectivity index (χ0) is 12.1. The normalized spacial score (nSPS) is 19.9. The van der Waals surface area contributed by atoms with Crippen molar-refractivity contribution in [3.63, 3.8) is 0 Å². The Balaban J connectivity index is 1.95. The van der Waals surface area contributed by atoms with Gasteiger partial charge in [-0.25, -0.2) is 4.79 Å². The number of methoxy groups -OCH3 is 1. The molecule has 1 saturated heterocycles. The second-order valence-corrected chi connectivity index (χ2v) is 4.61. The van der Waals surface area contributed by atoms with Crippen molar-refractivity contribution in [2.75, 3.05) is 20.2 Å². The number of rotatable bonds is 3. The molecule has 1 heterocycles. The van der Waals surface area contributed by atoms with Crippen LogP contribution in [0.5, 0.6) is 0 Å². The van der Waals surface area contributed by atoms with E-state index in [0.717, 1.165) is 25.4 Å². The molecule has 1 aromatic carbocycles. The molecule has 0 aliphatic carbocycles. The molecular weight excluding hydrogens is 214 g/mol. The second-order valence-electron chi connectivity index (χ2n) is 4.61. The van der Waals surface area contributed by atoms with Gasteiger partial charge in [-0.1, -0.05) is 12.1 Å². The SMILES string of the molecule is COC(=O)c1ccc(CC2CCCNC2)cc1. The van der Waals surface area contributed by atoms with E-state index in [1.807, 2.05) is 24.3 Å². The van der Waals surface area contributed by atoms with E-state index in [1.54, 1.807) is 0 Å². The quantitative estimate of drug-likeness (QED) is 0.812. The van der Waals surface area contributed by atoms with Crippen molar-refractivity contribution in [2.24, 2.45) is 5.92 Å². The Hall–Kier alpha value is -1.35. The molecule has 0 saturated carbocycles. The summed E-state index contributed by atoms with van der Waals surface area (Å²) in [6.45, 7) is 2.26. The van der Waals surface area contributed by atoms with E-state index in [-0.39, 0.29) is 5.97 Å². The lowest BCUT2D eigenvalue weighted by Gasteiger charge is -2.22. The van der Waals surface area contributed by atoms with Crippen molar-refractivity contribution in [1.82, 2.24) is 5.32 Å². The van der Waals surface area contributed by atoms with E-state index in [0.29, 0.717) is 5.56 Å². The number of hydrogen-bond donors (Lipinski definition) is 1. The maximum Gasteiger partial charge on any atom is 0.337 e. The highest BCUT2D eigenvalue weighted by Gasteiger charge is 2.13. The number of carbonyl (C=O) groups is 1. The molecule has 92 valence electrons. The third-order valence-corrected chi connectivity index (χ3v) is 3.30. The summed E-state index contributed by atoms with van der Waals surface area (Å²) in [6, 6.07) is 7.75. The van der Waals surface area contributed by atoms with E-state index >= 15 is 0 Å². The Morgan fingerprint density at radius 3 is 2.76 bits per heavy atom. The molecular formula is C14H19NO2. The van der Waals surface area contributed by atoms with Crippen LogP contribution in [0.3, 0.4) is 0 Å². The fourth-order valence-corrected chi connectivity index (χ4v) is 2.33. The molecule has 0 amide bonds. The van der Waals surface area contributed by atoms with Crippen LogP contribution >= 0.6 is 0 Å². The van der Waals surface area contributed by atoms with E-state index in [4.69, 9.17) is 0 Å². The molecule has 1 aromatic rings. The number of ether oxygens (including phenoxy) is 1. The monoisotopic (exact) mass is 233 g/mol. The van der Waals surface area contributed by atoms with Gasteiger partial charge in [0.15, 0.2) is 0 Å². The summed E-state index contributed by atoms with van der Waals surface area (Å²) in [7, 11) is 1.41. The first-order chi connectivity index (χ1) is 8.29. The zero-order valence-electron chi connectivity index (χ0n) is 10.2. The Labute approximate surface area is 102 Å². The Bertz CT molecular complexity index is 366. The summed E-state index contributed by atoms with van der Waals surface area (Å²) in [5.41, 5.74) is 1.92. The van der Waals surface area contributed by atoms with Gasteiger partial charge < -0.3 is 10.1 Å². The Kier molecular flexibility index (Phi) is 4.15. The van der Waals surface area contributed by atoms with Gasteiger partial charge in [0.05, 0.1) is 12.7 Å². The average molecular weight is 233 g/mol. The highest BCUT2D eigenvalue weighted by Crippen LogP contribution is 2.17. The van der Waals surface area contributed by atoms with Crippen molar-refractivity contribution in [3.05, 3.63) is 35.4 Å². The first kappa shape index (κ1) is 12.1. The topological polar surface area (TPSA) is 38.3 Å². The van der Waals surface area contributed by atoms with Crippen molar-refractivity contribution >= 4 is 5.97 Å². The van der Waals surface area contributed by atoms with Gasteiger partial charge >= 0.3 is 5.97 Å². The predicted molar refractivity (Wildman–Crippen MR) is 67.1 cm³/mol. The molecule has 1 aliphatic rings. The third-order valence-electron chi connectivity index (χ3n) is 3.30. The van der Waals surface area contributed by atoms with E-state index in [2.05, 4.69) is 10.1 Å². The molecule has 1 N–H and O–H groups in total. The lowest BCUT2D eigenvalue weighted by Crippen LogP contribution is -2.30. The molecule has 3 heteroatoms. The van der Waals surface area contributed by atoms with Crippen LogP contribution in [-0.2, 0) is 11.2 Å². The Morgan fingerprint density at radius 2 is 2.18 bits per heavy atom. The van der Waals surface area contributed by atoms with Crippen LogP contribution in [0.1, 0.15) is 28.8 Å². The minimum atomic E-state index is -0.268. The van der Waals surface area contributed by atoms with Gasteiger partial charge in [-0.2, -0.15) is 0 Å². The van der Waals surface area contributed by atoms with Crippen molar-refractivity contribution in [3.8, 4) is 0 Å². The van der Waals surface area contributed by atoms with Crippen LogP contribution < -0.4 is 5.32 Å². The van der Waals surface area contributed by atoms with Gasteiger partial charge in [-0.05, 0) is 56.0 Å². The van der Waals surface area contributed by atoms with E-state index < -0.39 is 0 Å². The van der Waals surface area contributed by atoms with E-state index in [1.165, 1.54) is 25.5 Å².